The lowest BCUT2D eigenvalue weighted by molar-refractivity contribution is -0.145. The lowest BCUT2D eigenvalue weighted by atomic mass is 9.66. The van der Waals surface area contributed by atoms with Gasteiger partial charge in [0.25, 0.3) is 0 Å². The molecule has 1 unspecified atom stereocenters. The second-order valence-electron chi connectivity index (χ2n) is 5.92. The molecule has 1 fully saturated rings. The van der Waals surface area contributed by atoms with Gasteiger partial charge in [-0.2, -0.15) is 0 Å². The molecule has 1 spiro atoms. The third-order valence-electron chi connectivity index (χ3n) is 4.18. The summed E-state index contributed by atoms with van der Waals surface area (Å²) in [6, 6.07) is 0. The van der Waals surface area contributed by atoms with Gasteiger partial charge in [-0.3, -0.25) is 9.78 Å². The van der Waals surface area contributed by atoms with Crippen molar-refractivity contribution in [3.63, 3.8) is 0 Å². The van der Waals surface area contributed by atoms with Crippen molar-refractivity contribution in [3.8, 4) is 0 Å². The predicted molar refractivity (Wildman–Crippen MR) is 63.3 cm³/mol. The lowest BCUT2D eigenvalue weighted by Gasteiger charge is -2.41. The zero-order chi connectivity index (χ0) is 13.0. The number of pyridine rings is 1. The second kappa shape index (κ2) is 3.60. The topological polar surface area (TPSA) is 39.2 Å². The highest BCUT2D eigenvalue weighted by molar-refractivity contribution is 5.85. The summed E-state index contributed by atoms with van der Waals surface area (Å²) in [7, 11) is 0. The first kappa shape index (κ1) is 11.8. The van der Waals surface area contributed by atoms with E-state index in [4.69, 9.17) is 4.74 Å². The predicted octanol–water partition coefficient (Wildman–Crippen LogP) is 2.73. The Kier molecular flexibility index (Phi) is 2.36. The van der Waals surface area contributed by atoms with E-state index in [1.807, 2.05) is 13.8 Å². The third kappa shape index (κ3) is 1.52. The molecule has 3 rings (SSSR count). The molecular formula is C14H16FNO2. The number of ether oxygens (including phenoxy) is 1. The number of Topliss-reactive ketones (excluding diaryl/α,β-unsaturated/α-hetero) is 1. The average molecular weight is 249 g/mol. The molecule has 0 N–H and O–H groups in total. The fraction of sp³-hybridized carbons (Fsp3) is 0.571. The molecule has 96 valence electrons. The Hall–Kier alpha value is -1.29. The SMILES string of the molecule is CC1(C)CC2(CCC1=O)OCc1cncc(F)c12. The van der Waals surface area contributed by atoms with Crippen LogP contribution in [0, 0.1) is 11.2 Å². The van der Waals surface area contributed by atoms with Crippen LogP contribution in [0.1, 0.15) is 44.2 Å². The maximum atomic E-state index is 14.0. The Morgan fingerprint density at radius 3 is 2.89 bits per heavy atom. The van der Waals surface area contributed by atoms with Gasteiger partial charge >= 0.3 is 0 Å². The summed E-state index contributed by atoms with van der Waals surface area (Å²) in [6.07, 6.45) is 4.47. The number of rotatable bonds is 0. The number of nitrogens with zero attached hydrogens (tertiary/aromatic N) is 1. The highest BCUT2D eigenvalue weighted by Gasteiger charge is 2.51. The molecule has 0 amide bonds. The third-order valence-corrected chi connectivity index (χ3v) is 4.18. The smallest absolute Gasteiger partial charge is 0.147 e. The van der Waals surface area contributed by atoms with Gasteiger partial charge in [0.2, 0.25) is 0 Å². The van der Waals surface area contributed by atoms with E-state index in [2.05, 4.69) is 4.98 Å². The molecule has 4 heteroatoms. The Labute approximate surface area is 105 Å². The van der Waals surface area contributed by atoms with E-state index in [9.17, 15) is 9.18 Å². The maximum Gasteiger partial charge on any atom is 0.147 e. The lowest BCUT2D eigenvalue weighted by Crippen LogP contribution is -2.42. The summed E-state index contributed by atoms with van der Waals surface area (Å²) in [6.45, 7) is 4.22. The Morgan fingerprint density at radius 1 is 1.39 bits per heavy atom. The monoisotopic (exact) mass is 249 g/mol. The van der Waals surface area contributed by atoms with Crippen molar-refractivity contribution in [3.05, 3.63) is 29.3 Å². The van der Waals surface area contributed by atoms with Gasteiger partial charge in [0.05, 0.1) is 18.4 Å². The van der Waals surface area contributed by atoms with Gasteiger partial charge in [-0.15, -0.1) is 0 Å². The number of carbonyl (C=O) groups is 1. The summed E-state index contributed by atoms with van der Waals surface area (Å²) < 4.78 is 19.9. The van der Waals surface area contributed by atoms with Crippen molar-refractivity contribution in [2.24, 2.45) is 5.41 Å². The highest BCUT2D eigenvalue weighted by atomic mass is 19.1. The number of hydrogen-bond acceptors (Lipinski definition) is 3. The first-order valence-corrected chi connectivity index (χ1v) is 6.25. The number of carbonyl (C=O) groups excluding carboxylic acids is 1. The fourth-order valence-electron chi connectivity index (χ4n) is 3.27. The van der Waals surface area contributed by atoms with Crippen LogP contribution in [0.2, 0.25) is 0 Å². The molecule has 18 heavy (non-hydrogen) atoms. The molecule has 2 aliphatic rings. The molecule has 1 atom stereocenters. The van der Waals surface area contributed by atoms with Gasteiger partial charge in [0, 0.05) is 29.2 Å². The largest absolute Gasteiger partial charge is 0.365 e. The second-order valence-corrected chi connectivity index (χ2v) is 5.92. The standard InChI is InChI=1S/C14H16FNO2/c1-13(2)8-14(4-3-11(13)17)12-9(7-18-14)5-16-6-10(12)15/h5-6H,3-4,7-8H2,1-2H3. The van der Waals surface area contributed by atoms with Gasteiger partial charge in [-0.25, -0.2) is 4.39 Å². The number of hydrogen-bond donors (Lipinski definition) is 0. The zero-order valence-corrected chi connectivity index (χ0v) is 10.6. The van der Waals surface area contributed by atoms with Crippen LogP contribution in [0.25, 0.3) is 0 Å². The molecule has 2 heterocycles. The van der Waals surface area contributed by atoms with Crippen LogP contribution >= 0.6 is 0 Å². The molecule has 1 aliphatic heterocycles. The van der Waals surface area contributed by atoms with Crippen molar-refractivity contribution in [1.29, 1.82) is 0 Å². The van der Waals surface area contributed by atoms with Crippen LogP contribution in [-0.4, -0.2) is 10.8 Å². The summed E-state index contributed by atoms with van der Waals surface area (Å²) in [4.78, 5) is 15.8. The molecule has 0 bridgehead atoms. The zero-order valence-electron chi connectivity index (χ0n) is 10.6. The molecule has 0 radical (unpaired) electrons. The Bertz CT molecular complexity index is 527. The number of halogens is 1. The first-order chi connectivity index (χ1) is 8.45. The molecule has 1 aliphatic carbocycles. The van der Waals surface area contributed by atoms with Crippen molar-refractivity contribution in [2.75, 3.05) is 0 Å². The summed E-state index contributed by atoms with van der Waals surface area (Å²) >= 11 is 0. The molecular weight excluding hydrogens is 233 g/mol. The molecule has 1 saturated carbocycles. The van der Waals surface area contributed by atoms with E-state index in [0.717, 1.165) is 5.56 Å². The number of ketones is 1. The minimum atomic E-state index is -0.625. The van der Waals surface area contributed by atoms with Gasteiger partial charge in [-0.05, 0) is 12.8 Å². The number of fused-ring (bicyclic) bond motifs is 2. The van der Waals surface area contributed by atoms with E-state index in [-0.39, 0.29) is 11.6 Å². The summed E-state index contributed by atoms with van der Waals surface area (Å²) in [5.74, 6) is -0.0743. The fourth-order valence-corrected chi connectivity index (χ4v) is 3.27. The molecule has 0 aromatic carbocycles. The Morgan fingerprint density at radius 2 is 2.17 bits per heavy atom. The molecule has 1 aromatic heterocycles. The van der Waals surface area contributed by atoms with E-state index in [1.165, 1.54) is 6.20 Å². The van der Waals surface area contributed by atoms with Gasteiger partial charge in [-0.1, -0.05) is 13.8 Å². The first-order valence-electron chi connectivity index (χ1n) is 6.25. The number of aromatic nitrogens is 1. The molecule has 1 aromatic rings. The van der Waals surface area contributed by atoms with E-state index in [1.54, 1.807) is 6.20 Å². The van der Waals surface area contributed by atoms with Crippen LogP contribution in [-0.2, 0) is 21.7 Å². The average Bonchev–Trinajstić information content (AvgIpc) is 2.65. The van der Waals surface area contributed by atoms with Gasteiger partial charge < -0.3 is 4.74 Å². The molecule has 3 nitrogen and oxygen atoms in total. The van der Waals surface area contributed by atoms with Crippen molar-refractivity contribution in [1.82, 2.24) is 4.98 Å². The van der Waals surface area contributed by atoms with Crippen LogP contribution in [0.3, 0.4) is 0 Å². The van der Waals surface area contributed by atoms with Crippen LogP contribution in [0.5, 0.6) is 0 Å². The van der Waals surface area contributed by atoms with Crippen LogP contribution in [0.15, 0.2) is 12.4 Å². The quantitative estimate of drug-likeness (QED) is 0.709. The molecule has 0 saturated heterocycles. The van der Waals surface area contributed by atoms with E-state index >= 15 is 0 Å². The van der Waals surface area contributed by atoms with Crippen molar-refractivity contribution < 1.29 is 13.9 Å². The van der Waals surface area contributed by atoms with Crippen LogP contribution < -0.4 is 0 Å². The van der Waals surface area contributed by atoms with E-state index < -0.39 is 11.0 Å². The summed E-state index contributed by atoms with van der Waals surface area (Å²) in [5.41, 5.74) is 0.369. The van der Waals surface area contributed by atoms with E-state index in [0.29, 0.717) is 31.4 Å². The highest BCUT2D eigenvalue weighted by Crippen LogP contribution is 2.51. The summed E-state index contributed by atoms with van der Waals surface area (Å²) in [5, 5.41) is 0. The maximum absolute atomic E-state index is 14.0. The minimum absolute atomic E-state index is 0.236. The van der Waals surface area contributed by atoms with Crippen LogP contribution in [0.4, 0.5) is 4.39 Å². The normalized spacial score (nSPS) is 29.6. The minimum Gasteiger partial charge on any atom is -0.365 e. The van der Waals surface area contributed by atoms with Crippen molar-refractivity contribution >= 4 is 5.78 Å². The van der Waals surface area contributed by atoms with Gasteiger partial charge in [0.1, 0.15) is 11.6 Å². The Balaban J connectivity index is 2.08. The van der Waals surface area contributed by atoms with Gasteiger partial charge in [0.15, 0.2) is 0 Å². The van der Waals surface area contributed by atoms with Crippen molar-refractivity contribution in [2.45, 2.75) is 45.3 Å².